The molecule has 228 valence electrons. The maximum Gasteiger partial charge on any atom is 0.504 e. The molecule has 0 aromatic heterocycles. The van der Waals surface area contributed by atoms with E-state index in [4.69, 9.17) is 9.47 Å². The van der Waals surface area contributed by atoms with Crippen LogP contribution < -0.4 is 9.47 Å². The van der Waals surface area contributed by atoms with Gasteiger partial charge in [0.1, 0.15) is 11.5 Å². The van der Waals surface area contributed by atoms with E-state index < -0.39 is 24.1 Å². The van der Waals surface area contributed by atoms with E-state index in [0.717, 1.165) is 38.5 Å². The van der Waals surface area contributed by atoms with Crippen LogP contribution in [0.1, 0.15) is 102 Å². The van der Waals surface area contributed by atoms with Gasteiger partial charge in [-0.25, -0.2) is 16.8 Å². The predicted octanol–water partition coefficient (Wildman–Crippen LogP) is 7.62. The van der Waals surface area contributed by atoms with E-state index in [2.05, 4.69) is 18.6 Å². The molecule has 0 saturated heterocycles. The van der Waals surface area contributed by atoms with Gasteiger partial charge in [0.25, 0.3) is 19.7 Å². The van der Waals surface area contributed by atoms with Crippen LogP contribution in [0.2, 0.25) is 0 Å². The summed E-state index contributed by atoms with van der Waals surface area (Å²) < 4.78 is 63.9. The molecule has 41 heavy (non-hydrogen) atoms. The van der Waals surface area contributed by atoms with Crippen LogP contribution in [0, 0.1) is 13.8 Å². The molecule has 0 heterocycles. The van der Waals surface area contributed by atoms with Gasteiger partial charge in [0.15, 0.2) is 0 Å². The topological polar surface area (TPSA) is 123 Å². The molecule has 0 atom stereocenters. The highest BCUT2D eigenvalue weighted by Gasteiger charge is 2.45. The summed E-state index contributed by atoms with van der Waals surface area (Å²) in [6.45, 7) is 8.46. The highest BCUT2D eigenvalue weighted by molar-refractivity contribution is 8.31. The summed E-state index contributed by atoms with van der Waals surface area (Å²) in [4.78, 5) is 2.24. The number of rotatable bonds is 18. The van der Waals surface area contributed by atoms with Gasteiger partial charge in [-0.05, 0) is 74.2 Å². The number of hydrogen-bond acceptors (Lipinski definition) is 6. The number of benzene rings is 2. The van der Waals surface area contributed by atoms with Gasteiger partial charge in [0, 0.05) is 0 Å². The third-order valence-corrected chi connectivity index (χ3v) is 11.4. The first-order valence-electron chi connectivity index (χ1n) is 14.8. The van der Waals surface area contributed by atoms with Crippen LogP contribution >= 0.6 is 0 Å². The van der Waals surface area contributed by atoms with Crippen molar-refractivity contribution in [3.05, 3.63) is 53.1 Å². The third-order valence-electron chi connectivity index (χ3n) is 6.95. The Hall–Kier alpha value is -2.68. The van der Waals surface area contributed by atoms with E-state index in [1.165, 1.54) is 62.8 Å². The lowest BCUT2D eigenvalue weighted by Crippen LogP contribution is -2.27. The SMILES string of the molecule is CCCCCCCCOc1ccc(S(=O)(=O)C(=[N+]=[N-])S(=O)(=O)c2ccc(OCCCCCCCC)cc2C)c(C)c1. The van der Waals surface area contributed by atoms with Crippen molar-refractivity contribution < 1.29 is 31.1 Å². The first-order chi connectivity index (χ1) is 19.6. The maximum absolute atomic E-state index is 13.4. The Labute approximate surface area is 246 Å². The number of sulfone groups is 2. The second-order valence-corrected chi connectivity index (χ2v) is 14.4. The molecular formula is C31H46N2O6S2. The van der Waals surface area contributed by atoms with Crippen LogP contribution in [0.15, 0.2) is 46.2 Å². The smallest absolute Gasteiger partial charge is 0.494 e. The quantitative estimate of drug-likeness (QED) is 0.0565. The molecule has 0 saturated carbocycles. The van der Waals surface area contributed by atoms with Crippen molar-refractivity contribution in [3.63, 3.8) is 0 Å². The molecule has 0 fully saturated rings. The van der Waals surface area contributed by atoms with Crippen LogP contribution in [-0.2, 0) is 19.7 Å². The Morgan fingerprint density at radius 2 is 1.00 bits per heavy atom. The average Bonchev–Trinajstić information content (AvgIpc) is 2.92. The second-order valence-electron chi connectivity index (χ2n) is 10.5. The lowest BCUT2D eigenvalue weighted by atomic mass is 10.1. The summed E-state index contributed by atoms with van der Waals surface area (Å²) in [6.07, 6.45) is 13.5. The van der Waals surface area contributed by atoms with Gasteiger partial charge in [0.05, 0.1) is 23.0 Å². The van der Waals surface area contributed by atoms with Gasteiger partial charge in [-0.3, -0.25) is 0 Å². The van der Waals surface area contributed by atoms with E-state index in [1.54, 1.807) is 26.0 Å². The molecule has 0 N–H and O–H groups in total. The minimum atomic E-state index is -4.67. The zero-order valence-electron chi connectivity index (χ0n) is 25.0. The Kier molecular flexibility index (Phi) is 14.6. The number of hydrogen-bond donors (Lipinski definition) is 0. The van der Waals surface area contributed by atoms with Crippen molar-refractivity contribution in [2.45, 2.75) is 115 Å². The van der Waals surface area contributed by atoms with Crippen molar-refractivity contribution in [1.82, 2.24) is 0 Å². The van der Waals surface area contributed by atoms with Gasteiger partial charge in [-0.15, -0.1) is 4.79 Å². The average molecular weight is 607 g/mol. The fourth-order valence-electron chi connectivity index (χ4n) is 4.61. The minimum absolute atomic E-state index is 0.266. The van der Waals surface area contributed by atoms with E-state index in [9.17, 15) is 22.4 Å². The fraction of sp³-hybridized carbons (Fsp3) is 0.581. The van der Waals surface area contributed by atoms with Crippen molar-refractivity contribution in [1.29, 1.82) is 0 Å². The summed E-state index contributed by atoms with van der Waals surface area (Å²) in [5, 5.41) is 0. The number of aryl methyl sites for hydroxylation is 2. The normalized spacial score (nSPS) is 11.7. The van der Waals surface area contributed by atoms with Crippen molar-refractivity contribution in [3.8, 4) is 11.5 Å². The van der Waals surface area contributed by atoms with Crippen LogP contribution in [0.5, 0.6) is 11.5 Å². The van der Waals surface area contributed by atoms with E-state index in [0.29, 0.717) is 24.7 Å². The van der Waals surface area contributed by atoms with E-state index in [1.807, 2.05) is 0 Å². The molecule has 0 aliphatic carbocycles. The highest BCUT2D eigenvalue weighted by Crippen LogP contribution is 2.29. The molecule has 0 aliphatic heterocycles. The first-order valence-corrected chi connectivity index (χ1v) is 17.7. The Bertz CT molecular complexity index is 1280. The van der Waals surface area contributed by atoms with E-state index >= 15 is 0 Å². The van der Waals surface area contributed by atoms with Gasteiger partial charge in [-0.1, -0.05) is 78.1 Å². The molecule has 8 nitrogen and oxygen atoms in total. The molecule has 10 heteroatoms. The van der Waals surface area contributed by atoms with Crippen LogP contribution in [0.3, 0.4) is 0 Å². The van der Waals surface area contributed by atoms with Crippen molar-refractivity contribution >= 4 is 24.1 Å². The summed E-state index contributed by atoms with van der Waals surface area (Å²) >= 11 is 0. The molecule has 2 rings (SSSR count). The maximum atomic E-state index is 13.4. The van der Waals surface area contributed by atoms with E-state index in [-0.39, 0.29) is 20.9 Å². The highest BCUT2D eigenvalue weighted by atomic mass is 32.3. The fourth-order valence-corrected chi connectivity index (χ4v) is 8.36. The zero-order valence-corrected chi connectivity index (χ0v) is 26.7. The number of nitrogens with zero attached hydrogens (tertiary/aromatic N) is 2. The summed E-state index contributed by atoms with van der Waals surface area (Å²) in [5.74, 6) is 0.987. The molecule has 0 amide bonds. The third kappa shape index (κ3) is 10.3. The Balaban J connectivity index is 2.11. The number of unbranched alkanes of at least 4 members (excludes halogenated alkanes) is 10. The molecule has 0 bridgehead atoms. The monoisotopic (exact) mass is 606 g/mol. The summed E-state index contributed by atoms with van der Waals surface area (Å²) in [7, 11) is -9.34. The summed E-state index contributed by atoms with van der Waals surface area (Å²) in [5.41, 5.74) is 10.2. The largest absolute Gasteiger partial charge is 0.504 e. The van der Waals surface area contributed by atoms with Crippen molar-refractivity contribution in [2.75, 3.05) is 13.2 Å². The molecular weight excluding hydrogens is 560 g/mol. The van der Waals surface area contributed by atoms with Crippen molar-refractivity contribution in [2.24, 2.45) is 0 Å². The van der Waals surface area contributed by atoms with Gasteiger partial charge >= 0.3 is 4.38 Å². The molecule has 0 radical (unpaired) electrons. The van der Waals surface area contributed by atoms with Crippen LogP contribution in [-0.4, -0.2) is 39.2 Å². The standard InChI is InChI=1S/C31H46N2O6S2/c1-5-7-9-11-13-15-21-38-27-17-19-29(25(3)23-27)40(34,35)31(33-32)41(36,37)30-20-18-28(24-26(30)4)39-22-16-14-12-10-8-6-2/h17-20,23-24H,5-16,21-22H2,1-4H3. The second kappa shape index (κ2) is 17.3. The van der Waals surface area contributed by atoms with Gasteiger partial charge in [-0.2, -0.15) is 0 Å². The Morgan fingerprint density at radius 3 is 1.34 bits per heavy atom. The molecule has 0 unspecified atom stereocenters. The molecule has 0 spiro atoms. The zero-order chi connectivity index (χ0) is 30.3. The summed E-state index contributed by atoms with van der Waals surface area (Å²) in [6, 6.07) is 8.64. The molecule has 0 aliphatic rings. The predicted molar refractivity (Wildman–Crippen MR) is 163 cm³/mol. The van der Waals surface area contributed by atoms with Crippen LogP contribution in [0.25, 0.3) is 5.53 Å². The Morgan fingerprint density at radius 1 is 0.634 bits per heavy atom. The van der Waals surface area contributed by atoms with Gasteiger partial charge < -0.3 is 15.0 Å². The minimum Gasteiger partial charge on any atom is -0.494 e. The van der Waals surface area contributed by atoms with Gasteiger partial charge in [0.2, 0.25) is 0 Å². The lowest BCUT2D eigenvalue weighted by molar-refractivity contribution is 0.00379. The molecule has 2 aromatic rings. The number of ether oxygens (including phenoxy) is 2. The first kappa shape index (κ1) is 34.5. The van der Waals surface area contributed by atoms with Crippen LogP contribution in [0.4, 0.5) is 0 Å². The lowest BCUT2D eigenvalue weighted by Gasteiger charge is -2.11. The molecule has 2 aromatic carbocycles.